The number of hydrogen-bond acceptors (Lipinski definition) is 1. The van der Waals surface area contributed by atoms with Crippen LogP contribution in [0.3, 0.4) is 0 Å². The summed E-state index contributed by atoms with van der Waals surface area (Å²) in [5.74, 6) is 3.05. The molecule has 0 bridgehead atoms. The Hall–Kier alpha value is -0.870. The molecule has 0 nitrogen and oxygen atoms in total. The molecule has 0 amide bonds. The highest BCUT2D eigenvalue weighted by molar-refractivity contribution is 8.04. The molecule has 1 aliphatic heterocycles. The van der Waals surface area contributed by atoms with Crippen LogP contribution >= 0.6 is 11.8 Å². The molecular weight excluding hydrogens is 140 g/mol. The number of benzene rings is 1. The standard InChI is InChI=1S/C9H6S/c1-2-6-9-8(4-1)5-3-7-10-9/h1-2,4,6H,5H2. The van der Waals surface area contributed by atoms with Crippen molar-refractivity contribution in [3.63, 3.8) is 0 Å². The quantitative estimate of drug-likeness (QED) is 0.506. The lowest BCUT2D eigenvalue weighted by Crippen LogP contribution is -1.87. The Morgan fingerprint density at radius 3 is 3.10 bits per heavy atom. The molecule has 0 spiro atoms. The molecule has 0 fully saturated rings. The zero-order valence-corrected chi connectivity index (χ0v) is 6.24. The summed E-state index contributed by atoms with van der Waals surface area (Å²) in [6.07, 6.45) is 0.920. The van der Waals surface area contributed by atoms with Gasteiger partial charge in [-0.2, -0.15) is 0 Å². The highest BCUT2D eigenvalue weighted by atomic mass is 32.2. The van der Waals surface area contributed by atoms with Gasteiger partial charge in [0.1, 0.15) is 0 Å². The fourth-order valence-electron chi connectivity index (χ4n) is 0.972. The molecule has 0 saturated carbocycles. The van der Waals surface area contributed by atoms with Crippen LogP contribution < -0.4 is 0 Å². The molecule has 0 atom stereocenters. The molecule has 1 heteroatoms. The van der Waals surface area contributed by atoms with Gasteiger partial charge in [-0.15, -0.1) is 0 Å². The van der Waals surface area contributed by atoms with E-state index in [0.29, 0.717) is 0 Å². The second-order valence-corrected chi connectivity index (χ2v) is 3.01. The molecule has 1 aliphatic rings. The molecule has 0 aromatic heterocycles. The molecule has 10 heavy (non-hydrogen) atoms. The van der Waals surface area contributed by atoms with E-state index in [-0.39, 0.29) is 0 Å². The van der Waals surface area contributed by atoms with Crippen LogP contribution in [0.5, 0.6) is 0 Å². The Kier molecular flexibility index (Phi) is 1.41. The number of hydrogen-bond donors (Lipinski definition) is 0. The summed E-state index contributed by atoms with van der Waals surface area (Å²) in [5.41, 5.74) is 1.37. The van der Waals surface area contributed by atoms with Crippen LogP contribution in [0.1, 0.15) is 5.56 Å². The third-order valence-electron chi connectivity index (χ3n) is 1.48. The van der Waals surface area contributed by atoms with Crippen molar-refractivity contribution in [1.29, 1.82) is 0 Å². The van der Waals surface area contributed by atoms with E-state index in [1.54, 1.807) is 11.8 Å². The second-order valence-electron chi connectivity index (χ2n) is 2.17. The first kappa shape index (κ1) is 5.88. The van der Waals surface area contributed by atoms with E-state index in [0.717, 1.165) is 6.42 Å². The van der Waals surface area contributed by atoms with E-state index in [1.807, 2.05) is 0 Å². The van der Waals surface area contributed by atoms with Crippen molar-refractivity contribution in [3.05, 3.63) is 29.8 Å². The Morgan fingerprint density at radius 1 is 1.30 bits per heavy atom. The summed E-state index contributed by atoms with van der Waals surface area (Å²) in [6.45, 7) is 0. The lowest BCUT2D eigenvalue weighted by Gasteiger charge is -2.04. The van der Waals surface area contributed by atoms with Gasteiger partial charge in [0.05, 0.1) is 0 Å². The normalized spacial score (nSPS) is 13.2. The van der Waals surface area contributed by atoms with Crippen molar-refractivity contribution in [2.24, 2.45) is 0 Å². The van der Waals surface area contributed by atoms with Crippen molar-refractivity contribution < 1.29 is 0 Å². The predicted octanol–water partition coefficient (Wildman–Crippen LogP) is 2.30. The van der Waals surface area contributed by atoms with Gasteiger partial charge in [0.2, 0.25) is 0 Å². The third kappa shape index (κ3) is 0.913. The van der Waals surface area contributed by atoms with E-state index in [2.05, 4.69) is 35.4 Å². The van der Waals surface area contributed by atoms with Crippen molar-refractivity contribution in [2.75, 3.05) is 0 Å². The minimum absolute atomic E-state index is 0.920. The van der Waals surface area contributed by atoms with Gasteiger partial charge in [0.25, 0.3) is 0 Å². The van der Waals surface area contributed by atoms with Crippen LogP contribution in [0.4, 0.5) is 0 Å². The minimum Gasteiger partial charge on any atom is -0.0861 e. The van der Waals surface area contributed by atoms with Gasteiger partial charge in [-0.3, -0.25) is 0 Å². The lowest BCUT2D eigenvalue weighted by atomic mass is 10.2. The van der Waals surface area contributed by atoms with Crippen LogP contribution in [0.15, 0.2) is 29.2 Å². The van der Waals surface area contributed by atoms with Crippen molar-refractivity contribution in [2.45, 2.75) is 11.3 Å². The number of fused-ring (bicyclic) bond motifs is 1. The van der Waals surface area contributed by atoms with Crippen LogP contribution in [-0.2, 0) is 6.42 Å². The maximum Gasteiger partial charge on any atom is 0.0360 e. The van der Waals surface area contributed by atoms with Gasteiger partial charge in [0, 0.05) is 11.3 Å². The Bertz CT molecular complexity index is 275. The first-order chi connectivity index (χ1) is 4.97. The van der Waals surface area contributed by atoms with Gasteiger partial charge in [0.15, 0.2) is 0 Å². The van der Waals surface area contributed by atoms with Crippen LogP contribution in [-0.4, -0.2) is 0 Å². The summed E-state index contributed by atoms with van der Waals surface area (Å²) < 4.78 is 0. The Morgan fingerprint density at radius 2 is 2.20 bits per heavy atom. The Labute approximate surface area is 64.6 Å². The van der Waals surface area contributed by atoms with Crippen molar-refractivity contribution in [3.8, 4) is 11.2 Å². The third-order valence-corrected chi connectivity index (χ3v) is 2.35. The molecule has 0 radical (unpaired) electrons. The topological polar surface area (TPSA) is 0 Å². The summed E-state index contributed by atoms with van der Waals surface area (Å²) in [7, 11) is 0. The largest absolute Gasteiger partial charge is 0.0861 e. The minimum atomic E-state index is 0.920. The predicted molar refractivity (Wildman–Crippen MR) is 43.8 cm³/mol. The lowest BCUT2D eigenvalue weighted by molar-refractivity contribution is 1.21. The molecule has 0 N–H and O–H groups in total. The summed E-state index contributed by atoms with van der Waals surface area (Å²) in [5, 5.41) is 3.01. The van der Waals surface area contributed by atoms with Crippen LogP contribution in [0.25, 0.3) is 0 Å². The molecule has 1 heterocycles. The maximum atomic E-state index is 3.05. The van der Waals surface area contributed by atoms with Gasteiger partial charge in [-0.1, -0.05) is 24.1 Å². The highest BCUT2D eigenvalue weighted by Gasteiger charge is 2.01. The summed E-state index contributed by atoms with van der Waals surface area (Å²) in [6, 6.07) is 8.37. The zero-order chi connectivity index (χ0) is 6.81. The van der Waals surface area contributed by atoms with E-state index >= 15 is 0 Å². The zero-order valence-electron chi connectivity index (χ0n) is 5.42. The first-order valence-electron chi connectivity index (χ1n) is 3.19. The average Bonchev–Trinajstić information content (AvgIpc) is 2.05. The molecule has 48 valence electrons. The molecule has 1 aromatic rings. The fraction of sp³-hybridized carbons (Fsp3) is 0.111. The SMILES string of the molecule is C1#CSc2ccccc2C1. The molecule has 1 aromatic carbocycles. The van der Waals surface area contributed by atoms with E-state index in [4.69, 9.17) is 0 Å². The number of thioether (sulfide) groups is 1. The van der Waals surface area contributed by atoms with E-state index in [1.165, 1.54) is 10.5 Å². The summed E-state index contributed by atoms with van der Waals surface area (Å²) in [4.78, 5) is 1.32. The van der Waals surface area contributed by atoms with E-state index in [9.17, 15) is 0 Å². The second kappa shape index (κ2) is 2.40. The van der Waals surface area contributed by atoms with Crippen molar-refractivity contribution in [1.82, 2.24) is 0 Å². The monoisotopic (exact) mass is 146 g/mol. The maximum absolute atomic E-state index is 3.05. The fourth-order valence-corrected chi connectivity index (χ4v) is 1.64. The van der Waals surface area contributed by atoms with Crippen LogP contribution in [0, 0.1) is 11.2 Å². The summed E-state index contributed by atoms with van der Waals surface area (Å²) >= 11 is 1.63. The molecule has 0 aliphatic carbocycles. The highest BCUT2D eigenvalue weighted by Crippen LogP contribution is 2.24. The average molecular weight is 146 g/mol. The van der Waals surface area contributed by atoms with Gasteiger partial charge >= 0.3 is 0 Å². The van der Waals surface area contributed by atoms with Gasteiger partial charge < -0.3 is 0 Å². The van der Waals surface area contributed by atoms with Gasteiger partial charge in [-0.05, 0) is 28.6 Å². The van der Waals surface area contributed by atoms with Crippen molar-refractivity contribution >= 4 is 11.8 Å². The smallest absolute Gasteiger partial charge is 0.0360 e. The van der Waals surface area contributed by atoms with E-state index < -0.39 is 0 Å². The molecular formula is C9H6S. The first-order valence-corrected chi connectivity index (χ1v) is 4.01. The molecule has 2 rings (SSSR count). The van der Waals surface area contributed by atoms with Gasteiger partial charge in [-0.25, -0.2) is 0 Å². The molecule has 0 saturated heterocycles. The number of rotatable bonds is 0. The molecule has 0 unspecified atom stereocenters. The Balaban J connectivity index is 2.52. The van der Waals surface area contributed by atoms with Crippen LogP contribution in [0.2, 0.25) is 0 Å².